The van der Waals surface area contributed by atoms with Gasteiger partial charge < -0.3 is 0 Å². The van der Waals surface area contributed by atoms with Gasteiger partial charge in [-0.25, -0.2) is 0 Å². The fourth-order valence-corrected chi connectivity index (χ4v) is 11.4. The van der Waals surface area contributed by atoms with Crippen molar-refractivity contribution < 1.29 is 0 Å². The van der Waals surface area contributed by atoms with Gasteiger partial charge >= 0.3 is 0 Å². The fourth-order valence-electron chi connectivity index (χ4n) is 5.48. The van der Waals surface area contributed by atoms with Gasteiger partial charge in [-0.3, -0.25) is 0 Å². The van der Waals surface area contributed by atoms with Crippen LogP contribution in [-0.4, -0.2) is 14.1 Å². The zero-order valence-electron chi connectivity index (χ0n) is 22.2. The highest BCUT2D eigenvalue weighted by atomic mass is 27.2. The van der Waals surface area contributed by atoms with E-state index in [1.807, 2.05) is 0 Å². The van der Waals surface area contributed by atoms with Crippen molar-refractivity contribution in [3.05, 3.63) is 0 Å². The van der Waals surface area contributed by atoms with Crippen LogP contribution in [0.2, 0.25) is 15.8 Å². The summed E-state index contributed by atoms with van der Waals surface area (Å²) in [4.78, 5) is 0. The summed E-state index contributed by atoms with van der Waals surface area (Å²) in [6.07, 6.45) is 8.07. The van der Waals surface area contributed by atoms with Crippen LogP contribution >= 0.6 is 0 Å². The first-order valence-electron chi connectivity index (χ1n) is 12.8. The smallest absolute Gasteiger partial charge is 0.0905 e. The van der Waals surface area contributed by atoms with Crippen molar-refractivity contribution in [1.82, 2.24) is 0 Å². The van der Waals surface area contributed by atoms with Gasteiger partial charge in [-0.15, -0.1) is 0 Å². The quantitative estimate of drug-likeness (QED) is 0.236. The average molecular weight is 409 g/mol. The molecule has 3 unspecified atom stereocenters. The number of rotatable bonds is 15. The third kappa shape index (κ3) is 8.34. The van der Waals surface area contributed by atoms with E-state index in [9.17, 15) is 0 Å². The molecular formula is C27H57Al. The molecule has 28 heavy (non-hydrogen) atoms. The summed E-state index contributed by atoms with van der Waals surface area (Å²) in [6.45, 7) is 29.8. The Labute approximate surface area is 185 Å². The highest BCUT2D eigenvalue weighted by molar-refractivity contribution is 6.59. The SMILES string of the molecule is CCC([CH2][Al]([CH2]C(CC)C(C)(C)CC)[CH2]C(CC)C(C)(C)CC)C(C)(C)CC. The van der Waals surface area contributed by atoms with Gasteiger partial charge in [-0.05, 0) is 34.0 Å². The second-order valence-electron chi connectivity index (χ2n) is 11.9. The zero-order chi connectivity index (χ0) is 22.2. The Morgan fingerprint density at radius 1 is 0.464 bits per heavy atom. The molecule has 0 rings (SSSR count). The van der Waals surface area contributed by atoms with E-state index in [4.69, 9.17) is 0 Å². The molecule has 3 atom stereocenters. The van der Waals surface area contributed by atoms with Crippen molar-refractivity contribution in [3.63, 3.8) is 0 Å². The van der Waals surface area contributed by atoms with Crippen LogP contribution in [0.1, 0.15) is 122 Å². The van der Waals surface area contributed by atoms with E-state index in [0.29, 0.717) is 16.2 Å². The van der Waals surface area contributed by atoms with Gasteiger partial charge in [0.1, 0.15) is 0 Å². The van der Waals surface area contributed by atoms with Crippen molar-refractivity contribution in [2.45, 2.75) is 137 Å². The van der Waals surface area contributed by atoms with Crippen molar-refractivity contribution in [2.24, 2.45) is 34.0 Å². The lowest BCUT2D eigenvalue weighted by molar-refractivity contribution is 0.197. The minimum Gasteiger partial charge on any atom is -0.0905 e. The van der Waals surface area contributed by atoms with Crippen LogP contribution in [0.4, 0.5) is 0 Å². The molecular weight excluding hydrogens is 351 g/mol. The largest absolute Gasteiger partial charge is 0.262 e. The molecule has 0 saturated heterocycles. The Morgan fingerprint density at radius 2 is 0.679 bits per heavy atom. The summed E-state index contributed by atoms with van der Waals surface area (Å²) in [7, 11) is 0. The van der Waals surface area contributed by atoms with E-state index in [0.717, 1.165) is 17.8 Å². The van der Waals surface area contributed by atoms with E-state index in [-0.39, 0.29) is 0 Å². The standard InChI is InChI=1S/3C9H19.Al/c3*1-6-8(3)9(4,5)7-2;/h3*8H,3,6-7H2,1-2,4-5H3;. The Balaban J connectivity index is 5.69. The van der Waals surface area contributed by atoms with Gasteiger partial charge in [0, 0.05) is 0 Å². The minimum absolute atomic E-state index is 0.504. The molecule has 168 valence electrons. The third-order valence-corrected chi connectivity index (χ3v) is 13.1. The lowest BCUT2D eigenvalue weighted by Crippen LogP contribution is -2.35. The predicted octanol–water partition coefficient (Wildman–Crippen LogP) is 9.87. The van der Waals surface area contributed by atoms with Crippen molar-refractivity contribution in [3.8, 4) is 0 Å². The van der Waals surface area contributed by atoms with Crippen LogP contribution < -0.4 is 0 Å². The Kier molecular flexibility index (Phi) is 12.6. The van der Waals surface area contributed by atoms with Gasteiger partial charge in [-0.2, -0.15) is 0 Å². The lowest BCUT2D eigenvalue weighted by atomic mass is 9.76. The van der Waals surface area contributed by atoms with Crippen LogP contribution in [0.25, 0.3) is 0 Å². The monoisotopic (exact) mass is 408 g/mol. The van der Waals surface area contributed by atoms with Crippen LogP contribution in [0.15, 0.2) is 0 Å². The first-order valence-corrected chi connectivity index (χ1v) is 15.3. The maximum atomic E-state index is 2.53. The summed E-state index contributed by atoms with van der Waals surface area (Å²) in [5, 5.41) is 4.72. The normalized spacial score (nSPS) is 16.7. The van der Waals surface area contributed by atoms with Crippen LogP contribution in [0, 0.1) is 34.0 Å². The first-order chi connectivity index (χ1) is 12.8. The zero-order valence-corrected chi connectivity index (χ0v) is 23.3. The number of hydrogen-bond donors (Lipinski definition) is 0. The van der Waals surface area contributed by atoms with Crippen LogP contribution in [0.3, 0.4) is 0 Å². The van der Waals surface area contributed by atoms with Gasteiger partial charge in [0.05, 0.1) is 0 Å². The minimum atomic E-state index is -0.802. The van der Waals surface area contributed by atoms with Crippen molar-refractivity contribution >= 4 is 14.1 Å². The van der Waals surface area contributed by atoms with Crippen molar-refractivity contribution in [1.29, 1.82) is 0 Å². The second-order valence-corrected chi connectivity index (χ2v) is 15.1. The average Bonchev–Trinajstić information content (AvgIpc) is 2.66. The van der Waals surface area contributed by atoms with E-state index in [1.165, 1.54) is 38.5 Å². The molecule has 0 aromatic heterocycles. The molecule has 0 saturated carbocycles. The van der Waals surface area contributed by atoms with E-state index >= 15 is 0 Å². The molecule has 0 aromatic rings. The molecule has 0 aliphatic rings. The lowest BCUT2D eigenvalue weighted by Gasteiger charge is -2.40. The maximum absolute atomic E-state index is 2.53. The molecule has 0 amide bonds. The summed E-state index contributed by atoms with van der Waals surface area (Å²) >= 11 is -0.802. The fraction of sp³-hybridized carbons (Fsp3) is 1.00. The molecule has 0 bridgehead atoms. The highest BCUT2D eigenvalue weighted by Gasteiger charge is 2.38. The Hall–Kier alpha value is 0.532. The van der Waals surface area contributed by atoms with E-state index in [2.05, 4.69) is 83.1 Å². The van der Waals surface area contributed by atoms with Gasteiger partial charge in [0.2, 0.25) is 0 Å². The summed E-state index contributed by atoms with van der Waals surface area (Å²) in [5.74, 6) is 2.75. The summed E-state index contributed by atoms with van der Waals surface area (Å²) in [6, 6.07) is 0. The van der Waals surface area contributed by atoms with Crippen LogP contribution in [0.5, 0.6) is 0 Å². The molecule has 0 aliphatic carbocycles. The molecule has 0 aliphatic heterocycles. The molecule has 0 radical (unpaired) electrons. The number of hydrogen-bond acceptors (Lipinski definition) is 0. The molecule has 0 spiro atoms. The van der Waals surface area contributed by atoms with E-state index < -0.39 is 14.1 Å². The molecule has 0 fully saturated rings. The van der Waals surface area contributed by atoms with Crippen molar-refractivity contribution in [2.75, 3.05) is 0 Å². The highest BCUT2D eigenvalue weighted by Crippen LogP contribution is 2.44. The topological polar surface area (TPSA) is 0 Å². The third-order valence-electron chi connectivity index (χ3n) is 9.38. The van der Waals surface area contributed by atoms with Crippen LogP contribution in [-0.2, 0) is 0 Å². The summed E-state index contributed by atoms with van der Waals surface area (Å²) in [5.41, 5.74) is 1.51. The molecule has 0 heterocycles. The van der Waals surface area contributed by atoms with E-state index in [1.54, 1.807) is 15.8 Å². The predicted molar refractivity (Wildman–Crippen MR) is 134 cm³/mol. The van der Waals surface area contributed by atoms with Gasteiger partial charge in [-0.1, -0.05) is 137 Å². The summed E-state index contributed by atoms with van der Waals surface area (Å²) < 4.78 is 0. The van der Waals surface area contributed by atoms with Gasteiger partial charge in [0.15, 0.2) is 0 Å². The molecule has 1 heteroatoms. The van der Waals surface area contributed by atoms with Gasteiger partial charge in [0.25, 0.3) is 14.1 Å². The Morgan fingerprint density at radius 3 is 0.821 bits per heavy atom. The molecule has 0 nitrogen and oxygen atoms in total. The molecule has 0 N–H and O–H groups in total. The second kappa shape index (κ2) is 12.4. The Bertz CT molecular complexity index is 345. The maximum Gasteiger partial charge on any atom is 0.262 e. The first kappa shape index (κ1) is 28.5. The molecule has 0 aromatic carbocycles.